The normalized spacial score (nSPS) is 15.5. The van der Waals surface area contributed by atoms with Crippen molar-refractivity contribution in [3.8, 4) is 0 Å². The topological polar surface area (TPSA) is 29.5 Å². The standard InChI is InChI=1S/C27H22N2/c1(2-4-6-16-26-18-22-12-8-10-14-24(22)20-28-26)3-5-7-17-27-19-23-13-9-11-15-25(23)21-29-27/h1-21,28H/p+1/b2-1+,5-3+,6-4+,17-7+,26-16-. The molecule has 0 radical (unpaired) electrons. The van der Waals surface area contributed by atoms with Gasteiger partial charge < -0.3 is 0 Å². The minimum atomic E-state index is 0.960. The van der Waals surface area contributed by atoms with Crippen LogP contribution in [0.3, 0.4) is 0 Å². The number of pyridine rings is 1. The van der Waals surface area contributed by atoms with E-state index in [1.165, 1.54) is 21.5 Å². The average Bonchev–Trinajstić information content (AvgIpc) is 2.77. The number of aromatic nitrogens is 1. The van der Waals surface area contributed by atoms with Gasteiger partial charge in [0.05, 0.1) is 5.69 Å². The highest BCUT2D eigenvalue weighted by Crippen LogP contribution is 2.13. The predicted molar refractivity (Wildman–Crippen MR) is 123 cm³/mol. The number of benzene rings is 2. The Balaban J connectivity index is 1.30. The predicted octanol–water partition coefficient (Wildman–Crippen LogP) is 3.60. The van der Waals surface area contributed by atoms with Crippen LogP contribution in [0.15, 0.2) is 115 Å². The fourth-order valence-corrected chi connectivity index (χ4v) is 3.14. The van der Waals surface area contributed by atoms with E-state index in [-0.39, 0.29) is 0 Å². The molecule has 0 saturated carbocycles. The summed E-state index contributed by atoms with van der Waals surface area (Å²) in [6.45, 7) is 0. The minimum Gasteiger partial charge on any atom is -0.287 e. The molecule has 4 rings (SSSR count). The molecule has 0 bridgehead atoms. The SMILES string of the molecule is C1=c2ccccc2=C/C(=C/C=C/C=C/C=C/C=C/c2cc3ccccc3cn2)[NH2+]1. The second kappa shape index (κ2) is 9.45. The lowest BCUT2D eigenvalue weighted by Crippen LogP contribution is -2.77. The first-order valence-corrected chi connectivity index (χ1v) is 9.73. The molecule has 0 fully saturated rings. The van der Waals surface area contributed by atoms with Crippen molar-refractivity contribution in [3.63, 3.8) is 0 Å². The molecule has 0 amide bonds. The summed E-state index contributed by atoms with van der Waals surface area (Å²) in [5, 5.41) is 7.04. The summed E-state index contributed by atoms with van der Waals surface area (Å²) in [5.74, 6) is 0. The van der Waals surface area contributed by atoms with E-state index in [4.69, 9.17) is 0 Å². The van der Waals surface area contributed by atoms with E-state index >= 15 is 0 Å². The van der Waals surface area contributed by atoms with Crippen molar-refractivity contribution >= 4 is 29.1 Å². The first kappa shape index (κ1) is 18.6. The van der Waals surface area contributed by atoms with Crippen molar-refractivity contribution in [1.82, 2.24) is 4.98 Å². The van der Waals surface area contributed by atoms with Gasteiger partial charge in [0.25, 0.3) is 0 Å². The van der Waals surface area contributed by atoms with Gasteiger partial charge in [-0.3, -0.25) is 10.3 Å². The van der Waals surface area contributed by atoms with Crippen LogP contribution >= 0.6 is 0 Å². The van der Waals surface area contributed by atoms with Crippen molar-refractivity contribution in [2.45, 2.75) is 0 Å². The van der Waals surface area contributed by atoms with E-state index in [0.717, 1.165) is 11.1 Å². The minimum absolute atomic E-state index is 0.960. The largest absolute Gasteiger partial charge is 0.287 e. The van der Waals surface area contributed by atoms with Gasteiger partial charge >= 0.3 is 0 Å². The molecule has 2 nitrogen and oxygen atoms in total. The molecule has 0 unspecified atom stereocenters. The number of hydrogen-bond acceptors (Lipinski definition) is 1. The van der Waals surface area contributed by atoms with Crippen LogP contribution < -0.4 is 15.8 Å². The van der Waals surface area contributed by atoms with E-state index in [1.807, 2.05) is 60.9 Å². The number of allylic oxidation sites excluding steroid dienone is 9. The number of fused-ring (bicyclic) bond motifs is 2. The summed E-state index contributed by atoms with van der Waals surface area (Å²) in [6, 6.07) is 18.8. The molecular formula is C27H23N2+. The van der Waals surface area contributed by atoms with Crippen molar-refractivity contribution in [1.29, 1.82) is 0 Å². The Bertz CT molecular complexity index is 1270. The fourth-order valence-electron chi connectivity index (χ4n) is 3.14. The summed E-state index contributed by atoms with van der Waals surface area (Å²) >= 11 is 0. The number of rotatable bonds is 5. The van der Waals surface area contributed by atoms with Gasteiger partial charge in [0, 0.05) is 22.9 Å². The van der Waals surface area contributed by atoms with Gasteiger partial charge in [0.1, 0.15) is 11.9 Å². The Morgan fingerprint density at radius 2 is 1.38 bits per heavy atom. The molecule has 2 heteroatoms. The van der Waals surface area contributed by atoms with Crippen LogP contribution in [-0.4, -0.2) is 4.98 Å². The summed E-state index contributed by atoms with van der Waals surface area (Å²) < 4.78 is 0. The van der Waals surface area contributed by atoms with Crippen molar-refractivity contribution < 1.29 is 5.32 Å². The van der Waals surface area contributed by atoms with E-state index in [2.05, 4.69) is 77.2 Å². The Morgan fingerprint density at radius 3 is 2.24 bits per heavy atom. The van der Waals surface area contributed by atoms with Crippen LogP contribution in [0.2, 0.25) is 0 Å². The van der Waals surface area contributed by atoms with Crippen LogP contribution in [0.25, 0.3) is 29.1 Å². The first-order chi connectivity index (χ1) is 14.4. The third-order valence-corrected chi connectivity index (χ3v) is 4.65. The number of quaternary nitrogens is 1. The molecule has 0 spiro atoms. The second-order valence-corrected chi connectivity index (χ2v) is 6.74. The maximum Gasteiger partial charge on any atom is 0.134 e. The molecular weight excluding hydrogens is 352 g/mol. The summed E-state index contributed by atoms with van der Waals surface area (Å²) in [5.41, 5.74) is 2.16. The van der Waals surface area contributed by atoms with Gasteiger partial charge in [-0.25, -0.2) is 0 Å². The summed E-state index contributed by atoms with van der Waals surface area (Å²) in [6.07, 6.45) is 24.6. The van der Waals surface area contributed by atoms with Gasteiger partial charge in [0.15, 0.2) is 0 Å². The molecule has 0 saturated heterocycles. The third kappa shape index (κ3) is 5.16. The maximum absolute atomic E-state index is 4.46. The molecule has 3 aromatic rings. The Hall–Kier alpha value is -3.75. The van der Waals surface area contributed by atoms with E-state index in [1.54, 1.807) is 0 Å². The lowest BCUT2D eigenvalue weighted by Gasteiger charge is -2.00. The zero-order valence-electron chi connectivity index (χ0n) is 16.1. The molecule has 1 aliphatic heterocycles. The monoisotopic (exact) mass is 375 g/mol. The third-order valence-electron chi connectivity index (χ3n) is 4.65. The summed E-state index contributed by atoms with van der Waals surface area (Å²) in [4.78, 5) is 4.46. The van der Waals surface area contributed by atoms with Crippen molar-refractivity contribution in [2.75, 3.05) is 0 Å². The van der Waals surface area contributed by atoms with Crippen LogP contribution in [-0.2, 0) is 0 Å². The molecule has 2 aromatic carbocycles. The van der Waals surface area contributed by atoms with Crippen molar-refractivity contribution in [2.24, 2.45) is 0 Å². The van der Waals surface area contributed by atoms with Gasteiger partial charge in [-0.1, -0.05) is 85.0 Å². The number of hydrogen-bond donors (Lipinski definition) is 1. The van der Waals surface area contributed by atoms with Gasteiger partial charge in [-0.15, -0.1) is 0 Å². The molecule has 0 aliphatic carbocycles. The molecule has 2 N–H and O–H groups in total. The van der Waals surface area contributed by atoms with E-state index < -0.39 is 0 Å². The zero-order valence-corrected chi connectivity index (χ0v) is 16.1. The highest BCUT2D eigenvalue weighted by Gasteiger charge is 1.99. The number of nitrogens with two attached hydrogens (primary N) is 1. The van der Waals surface area contributed by atoms with Crippen LogP contribution in [0.1, 0.15) is 5.69 Å². The average molecular weight is 375 g/mol. The highest BCUT2D eigenvalue weighted by atomic mass is 14.8. The van der Waals surface area contributed by atoms with Crippen LogP contribution in [0.5, 0.6) is 0 Å². The zero-order chi connectivity index (χ0) is 19.7. The highest BCUT2D eigenvalue weighted by molar-refractivity contribution is 5.83. The molecule has 140 valence electrons. The second-order valence-electron chi connectivity index (χ2n) is 6.74. The maximum atomic E-state index is 4.46. The molecule has 1 aliphatic rings. The number of nitrogens with zero attached hydrogens (tertiary/aromatic N) is 1. The van der Waals surface area contributed by atoms with Gasteiger partial charge in [-0.2, -0.15) is 0 Å². The van der Waals surface area contributed by atoms with Crippen molar-refractivity contribution in [3.05, 3.63) is 131 Å². The van der Waals surface area contributed by atoms with Crippen LogP contribution in [0, 0.1) is 0 Å². The molecule has 0 atom stereocenters. The first-order valence-electron chi connectivity index (χ1n) is 9.73. The van der Waals surface area contributed by atoms with E-state index in [9.17, 15) is 0 Å². The smallest absolute Gasteiger partial charge is 0.134 e. The Kier molecular flexibility index (Phi) is 6.06. The molecule has 1 aromatic heterocycles. The fraction of sp³-hybridized carbons (Fsp3) is 0. The molecule has 2 heterocycles. The van der Waals surface area contributed by atoms with Gasteiger partial charge in [-0.05, 0) is 34.9 Å². The lowest BCUT2D eigenvalue weighted by atomic mass is 10.1. The quantitative estimate of drug-likeness (QED) is 0.679. The van der Waals surface area contributed by atoms with Crippen LogP contribution in [0.4, 0.5) is 0 Å². The Labute approximate surface area is 170 Å². The molecule has 29 heavy (non-hydrogen) atoms. The van der Waals surface area contributed by atoms with E-state index in [0.29, 0.717) is 0 Å². The summed E-state index contributed by atoms with van der Waals surface area (Å²) in [7, 11) is 0. The Morgan fingerprint density at radius 1 is 0.690 bits per heavy atom. The van der Waals surface area contributed by atoms with Gasteiger partial charge in [0.2, 0.25) is 0 Å². The lowest BCUT2D eigenvalue weighted by molar-refractivity contribution is -0.490.